The summed E-state index contributed by atoms with van der Waals surface area (Å²) in [5.41, 5.74) is 0. The molecule has 3 heteroatoms. The first-order chi connectivity index (χ1) is 6.45. The zero-order valence-electron chi connectivity index (χ0n) is 10.1. The molecule has 0 fully saturated rings. The highest BCUT2D eigenvalue weighted by molar-refractivity contribution is 5.76. The molecule has 0 bridgehead atoms. The zero-order valence-corrected chi connectivity index (χ0v) is 10.1. The highest BCUT2D eigenvalue weighted by atomic mass is 16.1. The maximum atomic E-state index is 11.5. The van der Waals surface area contributed by atoms with Gasteiger partial charge in [0.15, 0.2) is 0 Å². The number of amides is 1. The van der Waals surface area contributed by atoms with E-state index in [-0.39, 0.29) is 11.9 Å². The average Bonchev–Trinajstić information content (AvgIpc) is 2.00. The van der Waals surface area contributed by atoms with E-state index in [1.807, 2.05) is 14.1 Å². The van der Waals surface area contributed by atoms with E-state index in [0.717, 1.165) is 13.0 Å². The van der Waals surface area contributed by atoms with Crippen LogP contribution < -0.4 is 5.32 Å². The minimum Gasteiger partial charge on any atom is -0.352 e. The van der Waals surface area contributed by atoms with Crippen LogP contribution in [-0.4, -0.2) is 37.5 Å². The van der Waals surface area contributed by atoms with Gasteiger partial charge in [-0.05, 0) is 26.4 Å². The summed E-state index contributed by atoms with van der Waals surface area (Å²) in [4.78, 5) is 13.6. The Labute approximate surface area is 87.9 Å². The topological polar surface area (TPSA) is 32.3 Å². The first kappa shape index (κ1) is 13.4. The van der Waals surface area contributed by atoms with Gasteiger partial charge in [0.2, 0.25) is 5.91 Å². The van der Waals surface area contributed by atoms with Crippen LogP contribution in [0.1, 0.15) is 33.6 Å². The van der Waals surface area contributed by atoms with E-state index in [9.17, 15) is 4.79 Å². The summed E-state index contributed by atoms with van der Waals surface area (Å²) in [5, 5.41) is 3.05. The Morgan fingerprint density at radius 2 is 1.93 bits per heavy atom. The van der Waals surface area contributed by atoms with Crippen molar-refractivity contribution in [2.45, 2.75) is 39.7 Å². The first-order valence-corrected chi connectivity index (χ1v) is 5.39. The summed E-state index contributed by atoms with van der Waals surface area (Å²) in [7, 11) is 4.05. The molecule has 0 saturated heterocycles. The fraction of sp³-hybridized carbons (Fsp3) is 0.909. The molecule has 14 heavy (non-hydrogen) atoms. The van der Waals surface area contributed by atoms with Crippen molar-refractivity contribution >= 4 is 5.91 Å². The number of nitrogens with one attached hydrogen (secondary N) is 1. The van der Waals surface area contributed by atoms with Crippen LogP contribution >= 0.6 is 0 Å². The van der Waals surface area contributed by atoms with Crippen molar-refractivity contribution in [2.75, 3.05) is 20.6 Å². The number of carbonyl (C=O) groups is 1. The molecule has 0 aliphatic rings. The SMILES string of the molecule is CCC(CN(C)C)NC(=O)CC(C)C. The van der Waals surface area contributed by atoms with Crippen LogP contribution in [0, 0.1) is 5.92 Å². The van der Waals surface area contributed by atoms with Crippen molar-refractivity contribution in [1.82, 2.24) is 10.2 Å². The summed E-state index contributed by atoms with van der Waals surface area (Å²) in [5.74, 6) is 0.612. The summed E-state index contributed by atoms with van der Waals surface area (Å²) >= 11 is 0. The molecule has 3 nitrogen and oxygen atoms in total. The minimum atomic E-state index is 0.175. The average molecular weight is 200 g/mol. The molecule has 0 aromatic carbocycles. The standard InChI is InChI=1S/C11H24N2O/c1-6-10(8-13(4)5)12-11(14)7-9(2)3/h9-10H,6-8H2,1-5H3,(H,12,14). The molecule has 1 atom stereocenters. The lowest BCUT2D eigenvalue weighted by molar-refractivity contribution is -0.122. The van der Waals surface area contributed by atoms with Crippen molar-refractivity contribution < 1.29 is 4.79 Å². The largest absolute Gasteiger partial charge is 0.352 e. The third kappa shape index (κ3) is 6.89. The molecule has 0 aliphatic carbocycles. The molecule has 0 spiro atoms. The molecule has 0 heterocycles. The van der Waals surface area contributed by atoms with Crippen LogP contribution in [-0.2, 0) is 4.79 Å². The molecule has 1 N–H and O–H groups in total. The second-order valence-corrected chi connectivity index (χ2v) is 4.53. The third-order valence-electron chi connectivity index (χ3n) is 2.04. The molecule has 0 saturated carbocycles. The quantitative estimate of drug-likeness (QED) is 0.704. The summed E-state index contributed by atoms with van der Waals surface area (Å²) in [6, 6.07) is 0.288. The predicted molar refractivity (Wildman–Crippen MR) is 60.2 cm³/mol. The molecule has 84 valence electrons. The second kappa shape index (κ2) is 6.82. The van der Waals surface area contributed by atoms with Crippen LogP contribution in [0.3, 0.4) is 0 Å². The van der Waals surface area contributed by atoms with Crippen molar-refractivity contribution in [3.8, 4) is 0 Å². The number of likely N-dealkylation sites (N-methyl/N-ethyl adjacent to an activating group) is 1. The van der Waals surface area contributed by atoms with Gasteiger partial charge < -0.3 is 10.2 Å². The van der Waals surface area contributed by atoms with Gasteiger partial charge in [0.1, 0.15) is 0 Å². The molecular formula is C11H24N2O. The Bertz CT molecular complexity index is 167. The molecule has 1 unspecified atom stereocenters. The monoisotopic (exact) mass is 200 g/mol. The van der Waals surface area contributed by atoms with Crippen LogP contribution in [0.2, 0.25) is 0 Å². The number of nitrogens with zero attached hydrogens (tertiary/aromatic N) is 1. The Morgan fingerprint density at radius 1 is 1.36 bits per heavy atom. The molecule has 0 aromatic heterocycles. The van der Waals surface area contributed by atoms with E-state index in [4.69, 9.17) is 0 Å². The van der Waals surface area contributed by atoms with Crippen molar-refractivity contribution in [3.63, 3.8) is 0 Å². The predicted octanol–water partition coefficient (Wildman–Crippen LogP) is 1.49. The Kier molecular flexibility index (Phi) is 6.54. The smallest absolute Gasteiger partial charge is 0.220 e. The van der Waals surface area contributed by atoms with Gasteiger partial charge in [-0.1, -0.05) is 20.8 Å². The number of rotatable bonds is 6. The van der Waals surface area contributed by atoms with Crippen molar-refractivity contribution in [2.24, 2.45) is 5.92 Å². The van der Waals surface area contributed by atoms with Crippen LogP contribution in [0.4, 0.5) is 0 Å². The van der Waals surface area contributed by atoms with Gasteiger partial charge in [0, 0.05) is 19.0 Å². The normalized spacial score (nSPS) is 13.4. The van der Waals surface area contributed by atoms with E-state index >= 15 is 0 Å². The molecule has 0 rings (SSSR count). The lowest BCUT2D eigenvalue weighted by Gasteiger charge is -2.21. The lowest BCUT2D eigenvalue weighted by atomic mass is 10.1. The van der Waals surface area contributed by atoms with Crippen molar-refractivity contribution in [1.29, 1.82) is 0 Å². The number of hydrogen-bond donors (Lipinski definition) is 1. The van der Waals surface area contributed by atoms with E-state index in [1.165, 1.54) is 0 Å². The minimum absolute atomic E-state index is 0.175. The van der Waals surface area contributed by atoms with Gasteiger partial charge in [-0.25, -0.2) is 0 Å². The number of hydrogen-bond acceptors (Lipinski definition) is 2. The Balaban J connectivity index is 3.86. The van der Waals surface area contributed by atoms with Crippen molar-refractivity contribution in [3.05, 3.63) is 0 Å². The highest BCUT2D eigenvalue weighted by Crippen LogP contribution is 2.00. The summed E-state index contributed by atoms with van der Waals surface area (Å²) < 4.78 is 0. The Hall–Kier alpha value is -0.570. The van der Waals surface area contributed by atoms with Crippen LogP contribution in [0.25, 0.3) is 0 Å². The Morgan fingerprint density at radius 3 is 2.29 bits per heavy atom. The molecule has 1 amide bonds. The maximum absolute atomic E-state index is 11.5. The van der Waals surface area contributed by atoms with E-state index < -0.39 is 0 Å². The van der Waals surface area contributed by atoms with Gasteiger partial charge in [-0.15, -0.1) is 0 Å². The van der Waals surface area contributed by atoms with Gasteiger partial charge in [-0.2, -0.15) is 0 Å². The molecule has 0 aliphatic heterocycles. The second-order valence-electron chi connectivity index (χ2n) is 4.53. The zero-order chi connectivity index (χ0) is 11.1. The first-order valence-electron chi connectivity index (χ1n) is 5.39. The summed E-state index contributed by atoms with van der Waals surface area (Å²) in [6.45, 7) is 7.14. The fourth-order valence-electron chi connectivity index (χ4n) is 1.37. The number of carbonyl (C=O) groups excluding carboxylic acids is 1. The highest BCUT2D eigenvalue weighted by Gasteiger charge is 2.11. The maximum Gasteiger partial charge on any atom is 0.220 e. The molecule has 0 radical (unpaired) electrons. The van der Waals surface area contributed by atoms with Gasteiger partial charge in [0.25, 0.3) is 0 Å². The van der Waals surface area contributed by atoms with Gasteiger partial charge >= 0.3 is 0 Å². The van der Waals surface area contributed by atoms with Crippen LogP contribution in [0.5, 0.6) is 0 Å². The van der Waals surface area contributed by atoms with Gasteiger partial charge in [0.05, 0.1) is 0 Å². The molecule has 0 aromatic rings. The van der Waals surface area contributed by atoms with E-state index in [1.54, 1.807) is 0 Å². The van der Waals surface area contributed by atoms with E-state index in [2.05, 4.69) is 31.0 Å². The van der Waals surface area contributed by atoms with Crippen LogP contribution in [0.15, 0.2) is 0 Å². The third-order valence-corrected chi connectivity index (χ3v) is 2.04. The lowest BCUT2D eigenvalue weighted by Crippen LogP contribution is -2.41. The fourth-order valence-corrected chi connectivity index (χ4v) is 1.37. The molecular weight excluding hydrogens is 176 g/mol. The van der Waals surface area contributed by atoms with Gasteiger partial charge in [-0.3, -0.25) is 4.79 Å². The summed E-state index contributed by atoms with van der Waals surface area (Å²) in [6.07, 6.45) is 1.62. The van der Waals surface area contributed by atoms with E-state index in [0.29, 0.717) is 12.3 Å².